The maximum absolute atomic E-state index is 10.8. The van der Waals surface area contributed by atoms with Crippen molar-refractivity contribution in [3.8, 4) is 0 Å². The van der Waals surface area contributed by atoms with Gasteiger partial charge in [0.25, 0.3) is 0 Å². The fraction of sp³-hybridized carbons (Fsp3) is 0.375. The molecule has 0 unspecified atom stereocenters. The van der Waals surface area contributed by atoms with Crippen LogP contribution in [0.2, 0.25) is 0 Å². The first-order chi connectivity index (χ1) is 5.93. The van der Waals surface area contributed by atoms with E-state index in [-0.39, 0.29) is 42.3 Å². The van der Waals surface area contributed by atoms with Gasteiger partial charge in [-0.15, -0.1) is 0 Å². The van der Waals surface area contributed by atoms with Crippen molar-refractivity contribution in [3.05, 3.63) is 12.2 Å². The number of thiocarbonyl (C=S) groups is 1. The largest absolute Gasteiger partial charge is 1.00 e. The molecule has 0 aliphatic rings. The number of carboxylic acids is 1. The molecule has 0 radical (unpaired) electrons. The second-order valence-corrected chi connectivity index (χ2v) is 2.87. The molecule has 0 N–H and O–H groups in total. The van der Waals surface area contributed by atoms with Gasteiger partial charge in [-0.05, 0) is 25.6 Å². The Morgan fingerprint density at radius 2 is 1.93 bits per heavy atom. The zero-order valence-corrected chi connectivity index (χ0v) is 8.98. The normalized spacial score (nSPS) is 8.36. The minimum Gasteiger partial charge on any atom is -0.550 e. The summed E-state index contributed by atoms with van der Waals surface area (Å²) >= 11 is 4.59. The minimum atomic E-state index is -1.23. The van der Waals surface area contributed by atoms with E-state index in [1.807, 2.05) is 0 Å². The molecule has 0 aliphatic heterocycles. The first kappa shape index (κ1) is 15.8. The molecule has 14 heavy (non-hydrogen) atoms. The molecule has 0 spiro atoms. The third-order valence-corrected chi connectivity index (χ3v) is 1.38. The van der Waals surface area contributed by atoms with Crippen molar-refractivity contribution in [1.29, 1.82) is 0 Å². The number of hydrogen-bond acceptors (Lipinski definition) is 5. The summed E-state index contributed by atoms with van der Waals surface area (Å²) in [6.07, 6.45) is -0.251. The topological polar surface area (TPSA) is 66.4 Å². The Labute approximate surface area is 99.5 Å². The average Bonchev–Trinajstić information content (AvgIpc) is 2.00. The van der Waals surface area contributed by atoms with Crippen LogP contribution in [0.25, 0.3) is 0 Å². The first-order valence-corrected chi connectivity index (χ1v) is 3.94. The predicted octanol–water partition coefficient (Wildman–Crippen LogP) is -3.03. The smallest absolute Gasteiger partial charge is 0.550 e. The van der Waals surface area contributed by atoms with Crippen molar-refractivity contribution < 1.29 is 38.3 Å². The molecule has 0 aromatic carbocycles. The molecule has 0 aromatic heterocycles. The Morgan fingerprint density at radius 1 is 1.43 bits per heavy atom. The molecule has 0 bridgehead atoms. The molecular formula is C8H9LiO4S. The Kier molecular flexibility index (Phi) is 8.75. The third-order valence-electron chi connectivity index (χ3n) is 1.09. The van der Waals surface area contributed by atoms with Crippen LogP contribution in [0.4, 0.5) is 0 Å². The number of hydrogen-bond donors (Lipinski definition) is 0. The van der Waals surface area contributed by atoms with E-state index in [0.29, 0.717) is 0 Å². The van der Waals surface area contributed by atoms with Gasteiger partial charge in [0, 0.05) is 18.0 Å². The molecule has 0 saturated carbocycles. The van der Waals surface area contributed by atoms with Crippen LogP contribution < -0.4 is 24.0 Å². The number of ether oxygens (including phenoxy) is 1. The maximum Gasteiger partial charge on any atom is 1.00 e. The summed E-state index contributed by atoms with van der Waals surface area (Å²) in [5.41, 5.74) is 0.218. The summed E-state index contributed by atoms with van der Waals surface area (Å²) in [5.74, 6) is -1.86. The van der Waals surface area contributed by atoms with Gasteiger partial charge in [-0.25, -0.2) is 4.79 Å². The van der Waals surface area contributed by atoms with Crippen LogP contribution >= 0.6 is 12.2 Å². The summed E-state index contributed by atoms with van der Waals surface area (Å²) in [6.45, 7) is 4.82. The SMILES string of the molecule is C=C(C)C(=O)OC(=S)CCC(=O)[O-].[Li+]. The van der Waals surface area contributed by atoms with Crippen molar-refractivity contribution in [3.63, 3.8) is 0 Å². The van der Waals surface area contributed by atoms with Gasteiger partial charge in [0.1, 0.15) is 0 Å². The number of carboxylic acid groups (broad SMARTS) is 1. The fourth-order valence-electron chi connectivity index (χ4n) is 0.446. The average molecular weight is 208 g/mol. The Balaban J connectivity index is 0. The van der Waals surface area contributed by atoms with Crippen molar-refractivity contribution in [2.24, 2.45) is 0 Å². The standard InChI is InChI=1S/C8H10O4S.Li/c1-5(2)8(11)12-7(13)4-3-6(9)10;/h1,3-4H2,2H3,(H,9,10);/q;+1/p-1. The van der Waals surface area contributed by atoms with Crippen LogP contribution in [0, 0.1) is 0 Å². The molecule has 72 valence electrons. The van der Waals surface area contributed by atoms with E-state index in [4.69, 9.17) is 0 Å². The van der Waals surface area contributed by atoms with E-state index in [9.17, 15) is 14.7 Å². The summed E-state index contributed by atoms with van der Waals surface area (Å²) < 4.78 is 4.56. The van der Waals surface area contributed by atoms with E-state index in [2.05, 4.69) is 23.5 Å². The van der Waals surface area contributed by atoms with Crippen molar-refractivity contribution in [1.82, 2.24) is 0 Å². The minimum absolute atomic E-state index is 0. The molecule has 0 fully saturated rings. The van der Waals surface area contributed by atoms with Gasteiger partial charge >= 0.3 is 24.8 Å². The van der Waals surface area contributed by atoms with Gasteiger partial charge in [-0.3, -0.25) is 0 Å². The van der Waals surface area contributed by atoms with E-state index < -0.39 is 11.9 Å². The molecular weight excluding hydrogens is 199 g/mol. The zero-order valence-electron chi connectivity index (χ0n) is 8.16. The van der Waals surface area contributed by atoms with Gasteiger partial charge in [-0.2, -0.15) is 0 Å². The summed E-state index contributed by atoms with van der Waals surface area (Å²) in [4.78, 5) is 20.8. The molecule has 6 heteroatoms. The van der Waals surface area contributed by atoms with Crippen LogP contribution in [-0.2, 0) is 14.3 Å². The van der Waals surface area contributed by atoms with Crippen molar-refractivity contribution >= 4 is 29.2 Å². The van der Waals surface area contributed by atoms with Crippen LogP contribution in [0.15, 0.2) is 12.2 Å². The van der Waals surface area contributed by atoms with Crippen LogP contribution in [-0.4, -0.2) is 17.0 Å². The van der Waals surface area contributed by atoms with Gasteiger partial charge < -0.3 is 14.6 Å². The summed E-state index contributed by atoms with van der Waals surface area (Å²) in [5, 5.41) is 9.94. The number of carbonyl (C=O) groups is 2. The summed E-state index contributed by atoms with van der Waals surface area (Å²) in [7, 11) is 0. The van der Waals surface area contributed by atoms with E-state index in [1.54, 1.807) is 0 Å². The number of carbonyl (C=O) groups excluding carboxylic acids is 2. The molecule has 0 aromatic rings. The maximum atomic E-state index is 10.8. The van der Waals surface area contributed by atoms with Gasteiger partial charge in [-0.1, -0.05) is 6.58 Å². The number of aliphatic carboxylic acids is 1. The zero-order chi connectivity index (χ0) is 10.4. The summed E-state index contributed by atoms with van der Waals surface area (Å²) in [6, 6.07) is 0. The van der Waals surface area contributed by atoms with Crippen LogP contribution in [0.3, 0.4) is 0 Å². The third kappa shape index (κ3) is 7.99. The molecule has 0 atom stereocenters. The molecule has 0 aliphatic carbocycles. The molecule has 0 rings (SSSR count). The monoisotopic (exact) mass is 208 g/mol. The Bertz CT molecular complexity index is 262. The molecule has 0 saturated heterocycles. The van der Waals surface area contributed by atoms with Gasteiger partial charge in [0.2, 0.25) is 0 Å². The molecule has 0 amide bonds. The molecule has 0 heterocycles. The van der Waals surface area contributed by atoms with E-state index >= 15 is 0 Å². The quantitative estimate of drug-likeness (QED) is 0.213. The number of esters is 1. The Hall–Kier alpha value is -0.633. The second-order valence-electron chi connectivity index (χ2n) is 2.41. The first-order valence-electron chi connectivity index (χ1n) is 3.54. The van der Waals surface area contributed by atoms with Gasteiger partial charge in [0.15, 0.2) is 5.05 Å². The van der Waals surface area contributed by atoms with Gasteiger partial charge in [0.05, 0.1) is 0 Å². The van der Waals surface area contributed by atoms with E-state index in [0.717, 1.165) is 0 Å². The van der Waals surface area contributed by atoms with Crippen molar-refractivity contribution in [2.45, 2.75) is 19.8 Å². The van der Waals surface area contributed by atoms with Crippen LogP contribution in [0.1, 0.15) is 19.8 Å². The fourth-order valence-corrected chi connectivity index (χ4v) is 0.623. The van der Waals surface area contributed by atoms with E-state index in [1.165, 1.54) is 6.92 Å². The predicted molar refractivity (Wildman–Crippen MR) is 47.7 cm³/mol. The van der Waals surface area contributed by atoms with Crippen LogP contribution in [0.5, 0.6) is 0 Å². The second kappa shape index (κ2) is 7.74. The Morgan fingerprint density at radius 3 is 2.29 bits per heavy atom. The molecule has 4 nitrogen and oxygen atoms in total. The number of rotatable bonds is 4. The van der Waals surface area contributed by atoms with Crippen molar-refractivity contribution in [2.75, 3.05) is 0 Å².